The molecule has 1 aromatic rings. The van der Waals surface area contributed by atoms with Gasteiger partial charge in [-0.05, 0) is 18.9 Å². The van der Waals surface area contributed by atoms with E-state index in [1.54, 1.807) is 6.07 Å². The standard InChI is InChI=1S/C13H16ClNO/c14-12-8-4-3-7-11(12)13(16)9-15-10-5-1-2-6-10/h1-4,7-8,10,13,15-16H,5-6,9H2. The average Bonchev–Trinajstić information content (AvgIpc) is 2.79. The number of aliphatic hydroxyl groups is 1. The lowest BCUT2D eigenvalue weighted by molar-refractivity contribution is 0.170. The maximum absolute atomic E-state index is 9.99. The van der Waals surface area contributed by atoms with Gasteiger partial charge in [0.1, 0.15) is 0 Å². The highest BCUT2D eigenvalue weighted by atomic mass is 35.5. The Morgan fingerprint density at radius 1 is 1.31 bits per heavy atom. The summed E-state index contributed by atoms with van der Waals surface area (Å²) in [4.78, 5) is 0. The molecule has 0 amide bonds. The zero-order valence-electron chi connectivity index (χ0n) is 9.07. The first-order valence-corrected chi connectivity index (χ1v) is 5.96. The second kappa shape index (κ2) is 5.48. The van der Waals surface area contributed by atoms with Crippen molar-refractivity contribution in [3.8, 4) is 0 Å². The highest BCUT2D eigenvalue weighted by Crippen LogP contribution is 2.22. The Bertz CT molecular complexity index is 370. The molecule has 0 fully saturated rings. The molecule has 1 aliphatic rings. The zero-order valence-corrected chi connectivity index (χ0v) is 9.82. The number of benzene rings is 1. The van der Waals surface area contributed by atoms with Crippen LogP contribution in [0, 0.1) is 0 Å². The van der Waals surface area contributed by atoms with Crippen LogP contribution in [0.4, 0.5) is 0 Å². The van der Waals surface area contributed by atoms with Crippen LogP contribution < -0.4 is 5.32 Å². The second-order valence-corrected chi connectivity index (χ2v) is 4.49. The third-order valence-electron chi connectivity index (χ3n) is 2.87. The first-order chi connectivity index (χ1) is 7.77. The van der Waals surface area contributed by atoms with Crippen LogP contribution in [0.1, 0.15) is 24.5 Å². The molecule has 2 rings (SSSR count). The lowest BCUT2D eigenvalue weighted by atomic mass is 10.1. The second-order valence-electron chi connectivity index (χ2n) is 4.09. The van der Waals surface area contributed by atoms with E-state index in [0.717, 1.165) is 18.4 Å². The van der Waals surface area contributed by atoms with Crippen molar-refractivity contribution in [1.82, 2.24) is 5.32 Å². The van der Waals surface area contributed by atoms with Crippen molar-refractivity contribution < 1.29 is 5.11 Å². The largest absolute Gasteiger partial charge is 0.387 e. The number of halogens is 1. The van der Waals surface area contributed by atoms with Gasteiger partial charge in [-0.3, -0.25) is 0 Å². The molecule has 3 heteroatoms. The minimum absolute atomic E-state index is 0.470. The molecule has 2 N–H and O–H groups in total. The molecule has 86 valence electrons. The predicted octanol–water partition coefficient (Wildman–Crippen LogP) is 2.68. The zero-order chi connectivity index (χ0) is 11.4. The van der Waals surface area contributed by atoms with E-state index in [4.69, 9.17) is 11.6 Å². The lowest BCUT2D eigenvalue weighted by Gasteiger charge is -2.17. The van der Waals surface area contributed by atoms with Gasteiger partial charge in [-0.15, -0.1) is 0 Å². The van der Waals surface area contributed by atoms with E-state index >= 15 is 0 Å². The molecule has 1 aromatic carbocycles. The minimum Gasteiger partial charge on any atom is -0.387 e. The summed E-state index contributed by atoms with van der Waals surface area (Å²) in [7, 11) is 0. The normalized spacial score (nSPS) is 17.9. The van der Waals surface area contributed by atoms with Gasteiger partial charge in [0.2, 0.25) is 0 Å². The number of nitrogens with one attached hydrogen (secondary N) is 1. The van der Waals surface area contributed by atoms with Gasteiger partial charge in [0.05, 0.1) is 6.10 Å². The highest BCUT2D eigenvalue weighted by Gasteiger charge is 2.14. The Hall–Kier alpha value is -0.830. The Morgan fingerprint density at radius 3 is 2.69 bits per heavy atom. The molecule has 0 bridgehead atoms. The summed E-state index contributed by atoms with van der Waals surface area (Å²) in [6, 6.07) is 7.89. The molecule has 0 saturated heterocycles. The monoisotopic (exact) mass is 237 g/mol. The van der Waals surface area contributed by atoms with Crippen molar-refractivity contribution in [3.05, 3.63) is 47.0 Å². The van der Waals surface area contributed by atoms with Gasteiger partial charge in [-0.2, -0.15) is 0 Å². The van der Waals surface area contributed by atoms with Gasteiger partial charge in [0, 0.05) is 23.2 Å². The van der Waals surface area contributed by atoms with Crippen molar-refractivity contribution in [1.29, 1.82) is 0 Å². The average molecular weight is 238 g/mol. The molecule has 0 aliphatic heterocycles. The number of aliphatic hydroxyl groups excluding tert-OH is 1. The summed E-state index contributed by atoms with van der Waals surface area (Å²) in [5, 5.41) is 14.0. The quantitative estimate of drug-likeness (QED) is 0.790. The van der Waals surface area contributed by atoms with Crippen molar-refractivity contribution in [2.24, 2.45) is 0 Å². The van der Waals surface area contributed by atoms with Crippen molar-refractivity contribution in [2.75, 3.05) is 6.54 Å². The Morgan fingerprint density at radius 2 is 2.00 bits per heavy atom. The first-order valence-electron chi connectivity index (χ1n) is 5.58. The smallest absolute Gasteiger partial charge is 0.0928 e. The fourth-order valence-electron chi connectivity index (χ4n) is 1.92. The lowest BCUT2D eigenvalue weighted by Crippen LogP contribution is -2.30. The number of hydrogen-bond acceptors (Lipinski definition) is 2. The van der Waals surface area contributed by atoms with E-state index < -0.39 is 6.10 Å². The fourth-order valence-corrected chi connectivity index (χ4v) is 2.18. The van der Waals surface area contributed by atoms with E-state index in [1.165, 1.54) is 0 Å². The van der Waals surface area contributed by atoms with Crippen LogP contribution in [-0.4, -0.2) is 17.7 Å². The van der Waals surface area contributed by atoms with E-state index in [-0.39, 0.29) is 0 Å². The van der Waals surface area contributed by atoms with E-state index in [1.807, 2.05) is 18.2 Å². The van der Waals surface area contributed by atoms with E-state index in [9.17, 15) is 5.11 Å². The Kier molecular flexibility index (Phi) is 3.99. The number of hydrogen-bond donors (Lipinski definition) is 2. The SMILES string of the molecule is OC(CNC1CC=CC1)c1ccccc1Cl. The molecule has 1 aliphatic carbocycles. The molecular formula is C13H16ClNO. The third kappa shape index (κ3) is 2.85. The summed E-state index contributed by atoms with van der Waals surface area (Å²) in [5.74, 6) is 0. The Balaban J connectivity index is 1.88. The van der Waals surface area contributed by atoms with Gasteiger partial charge in [-0.25, -0.2) is 0 Å². The van der Waals surface area contributed by atoms with Crippen LogP contribution in [0.3, 0.4) is 0 Å². The number of rotatable bonds is 4. The van der Waals surface area contributed by atoms with Gasteiger partial charge in [0.15, 0.2) is 0 Å². The van der Waals surface area contributed by atoms with Gasteiger partial charge < -0.3 is 10.4 Å². The highest BCUT2D eigenvalue weighted by molar-refractivity contribution is 6.31. The van der Waals surface area contributed by atoms with Gasteiger partial charge in [0.25, 0.3) is 0 Å². The molecule has 1 atom stereocenters. The van der Waals surface area contributed by atoms with Gasteiger partial charge >= 0.3 is 0 Å². The van der Waals surface area contributed by atoms with E-state index in [0.29, 0.717) is 17.6 Å². The summed E-state index contributed by atoms with van der Waals surface area (Å²) >= 11 is 6.01. The minimum atomic E-state index is -0.533. The molecule has 16 heavy (non-hydrogen) atoms. The molecule has 2 nitrogen and oxygen atoms in total. The van der Waals surface area contributed by atoms with Crippen LogP contribution >= 0.6 is 11.6 Å². The molecule has 0 saturated carbocycles. The predicted molar refractivity (Wildman–Crippen MR) is 66.6 cm³/mol. The van der Waals surface area contributed by atoms with Crippen LogP contribution in [0.2, 0.25) is 5.02 Å². The van der Waals surface area contributed by atoms with Crippen LogP contribution in [0.25, 0.3) is 0 Å². The maximum atomic E-state index is 9.99. The fraction of sp³-hybridized carbons (Fsp3) is 0.385. The van der Waals surface area contributed by atoms with Gasteiger partial charge in [-0.1, -0.05) is 42.0 Å². The Labute approximate surface area is 101 Å². The van der Waals surface area contributed by atoms with Crippen LogP contribution in [0.5, 0.6) is 0 Å². The molecule has 0 radical (unpaired) electrons. The maximum Gasteiger partial charge on any atom is 0.0928 e. The molecule has 1 unspecified atom stereocenters. The summed E-state index contributed by atoms with van der Waals surface area (Å²) in [5.41, 5.74) is 0.794. The molecule has 0 aromatic heterocycles. The molecule has 0 spiro atoms. The van der Waals surface area contributed by atoms with Crippen molar-refractivity contribution in [3.63, 3.8) is 0 Å². The van der Waals surface area contributed by atoms with E-state index in [2.05, 4.69) is 17.5 Å². The third-order valence-corrected chi connectivity index (χ3v) is 3.22. The first kappa shape index (κ1) is 11.6. The topological polar surface area (TPSA) is 32.3 Å². The van der Waals surface area contributed by atoms with Crippen LogP contribution in [-0.2, 0) is 0 Å². The molecular weight excluding hydrogens is 222 g/mol. The molecule has 0 heterocycles. The summed E-state index contributed by atoms with van der Waals surface area (Å²) < 4.78 is 0. The summed E-state index contributed by atoms with van der Waals surface area (Å²) in [6.07, 6.45) is 5.90. The van der Waals surface area contributed by atoms with Crippen LogP contribution in [0.15, 0.2) is 36.4 Å². The summed E-state index contributed by atoms with van der Waals surface area (Å²) in [6.45, 7) is 0.552. The van der Waals surface area contributed by atoms with Crippen molar-refractivity contribution >= 4 is 11.6 Å². The van der Waals surface area contributed by atoms with Crippen molar-refractivity contribution in [2.45, 2.75) is 25.0 Å².